The maximum absolute atomic E-state index is 14.2. The van der Waals surface area contributed by atoms with E-state index in [9.17, 15) is 22.3 Å². The van der Waals surface area contributed by atoms with Crippen molar-refractivity contribution in [2.24, 2.45) is 0 Å². The van der Waals surface area contributed by atoms with Crippen molar-refractivity contribution >= 4 is 10.1 Å². The maximum atomic E-state index is 14.2. The lowest BCUT2D eigenvalue weighted by atomic mass is 9.88. The van der Waals surface area contributed by atoms with Crippen LogP contribution in [0.15, 0.2) is 30.9 Å². The number of rotatable bonds is 7. The van der Waals surface area contributed by atoms with E-state index in [1.165, 1.54) is 24.3 Å². The van der Waals surface area contributed by atoms with Gasteiger partial charge in [0.25, 0.3) is 10.1 Å². The van der Waals surface area contributed by atoms with Crippen molar-refractivity contribution in [3.63, 3.8) is 0 Å². The van der Waals surface area contributed by atoms with Gasteiger partial charge in [0.2, 0.25) is 0 Å². The Morgan fingerprint density at radius 1 is 1.42 bits per heavy atom. The lowest BCUT2D eigenvalue weighted by Gasteiger charge is -2.31. The summed E-state index contributed by atoms with van der Waals surface area (Å²) >= 11 is 0. The van der Waals surface area contributed by atoms with Gasteiger partial charge in [0.15, 0.2) is 0 Å². The zero-order valence-corrected chi connectivity index (χ0v) is 13.9. The molecule has 7 nitrogen and oxygen atoms in total. The van der Waals surface area contributed by atoms with Crippen LogP contribution in [-0.4, -0.2) is 40.6 Å². The number of hydrogen-bond acceptors (Lipinski definition) is 6. The van der Waals surface area contributed by atoms with Crippen LogP contribution in [0.1, 0.15) is 18.9 Å². The van der Waals surface area contributed by atoms with Gasteiger partial charge in [-0.25, -0.2) is 18.4 Å². The van der Waals surface area contributed by atoms with Crippen molar-refractivity contribution in [1.29, 1.82) is 0 Å². The third-order valence-corrected chi connectivity index (χ3v) is 3.96. The Kier molecular flexibility index (Phi) is 5.31. The smallest absolute Gasteiger partial charge is 0.264 e. The van der Waals surface area contributed by atoms with Crippen molar-refractivity contribution in [3.8, 4) is 0 Å². The van der Waals surface area contributed by atoms with E-state index in [4.69, 9.17) is 4.18 Å². The van der Waals surface area contributed by atoms with E-state index in [2.05, 4.69) is 10.1 Å². The summed E-state index contributed by atoms with van der Waals surface area (Å²) < 4.78 is 55.8. The summed E-state index contributed by atoms with van der Waals surface area (Å²) in [5, 5.41) is 14.8. The molecule has 132 valence electrons. The van der Waals surface area contributed by atoms with Gasteiger partial charge in [-0.05, 0) is 13.0 Å². The quantitative estimate of drug-likeness (QED) is 0.745. The molecule has 0 amide bonds. The molecule has 0 aliphatic heterocycles. The van der Waals surface area contributed by atoms with Crippen LogP contribution in [0.3, 0.4) is 0 Å². The van der Waals surface area contributed by atoms with Gasteiger partial charge in [-0.1, -0.05) is 6.07 Å². The summed E-state index contributed by atoms with van der Waals surface area (Å²) in [5.41, 5.74) is -2.07. The lowest BCUT2D eigenvalue weighted by Crippen LogP contribution is -2.37. The summed E-state index contributed by atoms with van der Waals surface area (Å²) in [5.74, 6) is -1.75. The van der Waals surface area contributed by atoms with E-state index in [0.29, 0.717) is 6.07 Å². The first-order chi connectivity index (χ1) is 11.1. The molecule has 1 heterocycles. The number of nitrogens with zero attached hydrogens (tertiary/aromatic N) is 3. The minimum absolute atomic E-state index is 0.191. The van der Waals surface area contributed by atoms with Crippen LogP contribution in [0.2, 0.25) is 0 Å². The van der Waals surface area contributed by atoms with Gasteiger partial charge in [-0.2, -0.15) is 13.5 Å². The van der Waals surface area contributed by atoms with Crippen LogP contribution >= 0.6 is 0 Å². The predicted octanol–water partition coefficient (Wildman–Crippen LogP) is 1.20. The number of hydrogen-bond donors (Lipinski definition) is 1. The van der Waals surface area contributed by atoms with Crippen LogP contribution in [0.5, 0.6) is 0 Å². The molecule has 2 rings (SSSR count). The molecule has 2 unspecified atom stereocenters. The molecule has 0 bridgehead atoms. The first-order valence-electron chi connectivity index (χ1n) is 6.98. The first kappa shape index (κ1) is 18.4. The Hall–Kier alpha value is -1.91. The van der Waals surface area contributed by atoms with E-state index in [-0.39, 0.29) is 18.5 Å². The Bertz CT molecular complexity index is 798. The highest BCUT2D eigenvalue weighted by Gasteiger charge is 2.36. The molecule has 0 aliphatic rings. The number of benzene rings is 1. The fourth-order valence-electron chi connectivity index (χ4n) is 2.52. The molecule has 1 aromatic carbocycles. The van der Waals surface area contributed by atoms with Crippen molar-refractivity contribution in [3.05, 3.63) is 48.1 Å². The lowest BCUT2D eigenvalue weighted by molar-refractivity contribution is -0.0231. The molecule has 0 saturated heterocycles. The first-order valence-corrected chi connectivity index (χ1v) is 8.79. The second-order valence-corrected chi connectivity index (χ2v) is 7.16. The summed E-state index contributed by atoms with van der Waals surface area (Å²) in [4.78, 5) is 3.73. The maximum Gasteiger partial charge on any atom is 0.264 e. The van der Waals surface area contributed by atoms with Crippen molar-refractivity contribution in [2.75, 3.05) is 6.26 Å². The van der Waals surface area contributed by atoms with Crippen LogP contribution < -0.4 is 0 Å². The number of halogens is 2. The SMILES string of the molecule is CC(CC(O)(Cn1cncn1)c1ccc(F)cc1F)OS(C)(=O)=O. The monoisotopic (exact) mass is 361 g/mol. The van der Waals surface area contributed by atoms with Gasteiger partial charge in [-0.15, -0.1) is 0 Å². The van der Waals surface area contributed by atoms with Crippen LogP contribution in [0.25, 0.3) is 0 Å². The largest absolute Gasteiger partial charge is 0.383 e. The standard InChI is InChI=1S/C14H17F2N3O4S/c1-10(23-24(2,21)22)6-14(20,7-19-9-17-8-18-19)12-4-3-11(15)5-13(12)16/h3-5,8-10,20H,6-7H2,1-2H3. The molecule has 2 atom stereocenters. The highest BCUT2D eigenvalue weighted by molar-refractivity contribution is 7.86. The molecule has 1 aromatic heterocycles. The Balaban J connectivity index is 2.37. The summed E-state index contributed by atoms with van der Waals surface area (Å²) in [7, 11) is -3.76. The predicted molar refractivity (Wildman–Crippen MR) is 80.3 cm³/mol. The highest BCUT2D eigenvalue weighted by atomic mass is 32.2. The molecule has 0 radical (unpaired) electrons. The highest BCUT2D eigenvalue weighted by Crippen LogP contribution is 2.32. The molecule has 0 spiro atoms. The minimum atomic E-state index is -3.76. The average molecular weight is 361 g/mol. The Morgan fingerprint density at radius 3 is 2.67 bits per heavy atom. The Labute approximate surface area is 138 Å². The van der Waals surface area contributed by atoms with Crippen molar-refractivity contribution in [1.82, 2.24) is 14.8 Å². The van der Waals surface area contributed by atoms with Gasteiger partial charge < -0.3 is 5.11 Å². The zero-order valence-electron chi connectivity index (χ0n) is 13.1. The van der Waals surface area contributed by atoms with Gasteiger partial charge in [0, 0.05) is 18.1 Å². The molecule has 0 saturated carbocycles. The number of aliphatic hydroxyl groups is 1. The second-order valence-electron chi connectivity index (χ2n) is 5.56. The van der Waals surface area contributed by atoms with Gasteiger partial charge in [-0.3, -0.25) is 4.18 Å². The topological polar surface area (TPSA) is 94.3 Å². The molecule has 1 N–H and O–H groups in total. The average Bonchev–Trinajstić information content (AvgIpc) is 2.87. The van der Waals surface area contributed by atoms with Crippen LogP contribution in [0, 0.1) is 11.6 Å². The third kappa shape index (κ3) is 4.79. The molecule has 2 aromatic rings. The summed E-state index contributed by atoms with van der Waals surface area (Å²) in [6.07, 6.45) is 2.21. The summed E-state index contributed by atoms with van der Waals surface area (Å²) in [6.45, 7) is 1.21. The van der Waals surface area contributed by atoms with E-state index in [0.717, 1.165) is 18.4 Å². The summed E-state index contributed by atoms with van der Waals surface area (Å²) in [6, 6.07) is 2.76. The van der Waals surface area contributed by atoms with Crippen molar-refractivity contribution < 1.29 is 26.5 Å². The van der Waals surface area contributed by atoms with E-state index >= 15 is 0 Å². The van der Waals surface area contributed by atoms with E-state index in [1.807, 2.05) is 0 Å². The molecular formula is C14H17F2N3O4S. The van der Waals surface area contributed by atoms with Gasteiger partial charge >= 0.3 is 0 Å². The molecule has 0 aliphatic carbocycles. The second kappa shape index (κ2) is 6.91. The molecule has 10 heteroatoms. The van der Waals surface area contributed by atoms with Crippen LogP contribution in [0.4, 0.5) is 8.78 Å². The van der Waals surface area contributed by atoms with Gasteiger partial charge in [0.1, 0.15) is 29.9 Å². The molecule has 0 fully saturated rings. The normalized spacial score (nSPS) is 15.9. The minimum Gasteiger partial charge on any atom is -0.383 e. The fraction of sp³-hybridized carbons (Fsp3) is 0.429. The van der Waals surface area contributed by atoms with Crippen molar-refractivity contribution in [2.45, 2.75) is 31.6 Å². The molecule has 24 heavy (non-hydrogen) atoms. The third-order valence-electron chi connectivity index (χ3n) is 3.29. The van der Waals surface area contributed by atoms with Gasteiger partial charge in [0.05, 0.1) is 18.9 Å². The zero-order chi connectivity index (χ0) is 18.0. The number of aromatic nitrogens is 3. The van der Waals surface area contributed by atoms with Crippen LogP contribution in [-0.2, 0) is 26.4 Å². The fourth-order valence-corrected chi connectivity index (χ4v) is 3.18. The Morgan fingerprint density at radius 2 is 2.12 bits per heavy atom. The molecular weight excluding hydrogens is 344 g/mol. The van der Waals surface area contributed by atoms with E-state index < -0.39 is 33.5 Å². The van der Waals surface area contributed by atoms with E-state index in [1.54, 1.807) is 0 Å².